The minimum Gasteiger partial charge on any atom is -0.350 e. The number of nitrogens with zero attached hydrogens (tertiary/aromatic N) is 2. The molecule has 0 aliphatic rings. The number of hydrogen-bond acceptors (Lipinski definition) is 4. The number of rotatable bonds is 11. The van der Waals surface area contributed by atoms with Gasteiger partial charge in [-0.05, 0) is 94.1 Å². The average molecular weight is 695 g/mol. The smallest absolute Gasteiger partial charge is 0.264 e. The van der Waals surface area contributed by atoms with Crippen LogP contribution in [0.1, 0.15) is 48.6 Å². The molecule has 4 aromatic carbocycles. The molecule has 0 saturated carbocycles. The van der Waals surface area contributed by atoms with Gasteiger partial charge in [-0.15, -0.1) is 0 Å². The Kier molecular flexibility index (Phi) is 11.4. The molecular weight excluding hydrogens is 653 g/mol. The number of sulfonamides is 1. The molecule has 10 heteroatoms. The van der Waals surface area contributed by atoms with E-state index in [4.69, 9.17) is 23.2 Å². The van der Waals surface area contributed by atoms with Gasteiger partial charge in [-0.2, -0.15) is 0 Å². The molecule has 0 heterocycles. The maximum atomic E-state index is 14.7. The molecule has 0 bridgehead atoms. The third-order valence-electron chi connectivity index (χ3n) is 7.84. The highest BCUT2D eigenvalue weighted by molar-refractivity contribution is 7.92. The van der Waals surface area contributed by atoms with Crippen molar-refractivity contribution in [3.8, 4) is 0 Å². The zero-order valence-corrected chi connectivity index (χ0v) is 29.9. The van der Waals surface area contributed by atoms with Crippen LogP contribution in [0.5, 0.6) is 0 Å². The lowest BCUT2D eigenvalue weighted by atomic mass is 10.0. The number of anilines is 1. The topological polar surface area (TPSA) is 86.8 Å². The summed E-state index contributed by atoms with van der Waals surface area (Å²) in [6.07, 6.45) is 0.198. The molecule has 0 aromatic heterocycles. The Morgan fingerprint density at radius 2 is 1.47 bits per heavy atom. The Hall–Kier alpha value is -3.85. The summed E-state index contributed by atoms with van der Waals surface area (Å²) in [6, 6.07) is 25.3. The molecule has 0 saturated heterocycles. The Morgan fingerprint density at radius 1 is 0.809 bits per heavy atom. The van der Waals surface area contributed by atoms with Crippen LogP contribution in [-0.4, -0.2) is 43.3 Å². The van der Waals surface area contributed by atoms with E-state index >= 15 is 0 Å². The molecule has 0 radical (unpaired) electrons. The third-order valence-corrected chi connectivity index (χ3v) is 10.4. The minimum atomic E-state index is -4.21. The van der Waals surface area contributed by atoms with Gasteiger partial charge in [0, 0.05) is 18.5 Å². The monoisotopic (exact) mass is 693 g/mol. The van der Waals surface area contributed by atoms with E-state index in [-0.39, 0.29) is 23.8 Å². The van der Waals surface area contributed by atoms with Crippen LogP contribution in [0.3, 0.4) is 0 Å². The Labute approximate surface area is 288 Å². The third kappa shape index (κ3) is 9.15. The largest absolute Gasteiger partial charge is 0.350 e. The van der Waals surface area contributed by atoms with Crippen LogP contribution in [0.25, 0.3) is 0 Å². The van der Waals surface area contributed by atoms with E-state index in [0.29, 0.717) is 21.3 Å². The van der Waals surface area contributed by atoms with E-state index < -0.39 is 34.1 Å². The van der Waals surface area contributed by atoms with Crippen molar-refractivity contribution in [1.82, 2.24) is 10.2 Å². The van der Waals surface area contributed by atoms with E-state index in [1.165, 1.54) is 17.0 Å². The predicted octanol–water partition coefficient (Wildman–Crippen LogP) is 7.67. The van der Waals surface area contributed by atoms with E-state index in [0.717, 1.165) is 26.6 Å². The molecule has 47 heavy (non-hydrogen) atoms. The molecule has 0 aliphatic carbocycles. The lowest BCUT2D eigenvalue weighted by Gasteiger charge is -2.35. The molecule has 0 fully saturated rings. The number of carbonyl (C=O) groups excluding carboxylic acids is 2. The van der Waals surface area contributed by atoms with E-state index in [1.807, 2.05) is 77.9 Å². The van der Waals surface area contributed by atoms with Crippen molar-refractivity contribution in [2.75, 3.05) is 10.8 Å². The first-order valence-electron chi connectivity index (χ1n) is 15.3. The fraction of sp³-hybridized carbons (Fsp3) is 0.297. The van der Waals surface area contributed by atoms with Crippen molar-refractivity contribution in [3.05, 3.63) is 129 Å². The summed E-state index contributed by atoms with van der Waals surface area (Å²) < 4.78 is 29.8. The van der Waals surface area contributed by atoms with Crippen molar-refractivity contribution >= 4 is 50.7 Å². The van der Waals surface area contributed by atoms with Crippen molar-refractivity contribution in [1.29, 1.82) is 0 Å². The zero-order chi connectivity index (χ0) is 34.5. The fourth-order valence-electron chi connectivity index (χ4n) is 5.20. The molecule has 4 rings (SSSR count). The summed E-state index contributed by atoms with van der Waals surface area (Å²) in [6.45, 7) is 10.6. The second kappa shape index (κ2) is 14.9. The van der Waals surface area contributed by atoms with Gasteiger partial charge in [0.15, 0.2) is 0 Å². The average Bonchev–Trinajstić information content (AvgIpc) is 3.00. The number of halogens is 2. The van der Waals surface area contributed by atoms with Crippen LogP contribution in [0.4, 0.5) is 5.69 Å². The second-order valence-electron chi connectivity index (χ2n) is 12.8. The quantitative estimate of drug-likeness (QED) is 0.175. The highest BCUT2D eigenvalue weighted by atomic mass is 35.5. The molecule has 1 atom stereocenters. The van der Waals surface area contributed by atoms with Crippen LogP contribution in [0, 0.1) is 20.8 Å². The Morgan fingerprint density at radius 3 is 2.09 bits per heavy atom. The number of nitrogens with one attached hydrogen (secondary N) is 1. The zero-order valence-electron chi connectivity index (χ0n) is 27.6. The van der Waals surface area contributed by atoms with Crippen LogP contribution in [0.15, 0.2) is 95.9 Å². The number of carbonyl (C=O) groups is 2. The van der Waals surface area contributed by atoms with Crippen molar-refractivity contribution < 1.29 is 18.0 Å². The number of amides is 2. The molecular formula is C37H41Cl2N3O4S. The van der Waals surface area contributed by atoms with Crippen LogP contribution >= 0.6 is 23.2 Å². The first-order chi connectivity index (χ1) is 22.1. The summed E-state index contributed by atoms with van der Waals surface area (Å²) in [5.41, 5.74) is 3.76. The van der Waals surface area contributed by atoms with Crippen LogP contribution in [-0.2, 0) is 32.6 Å². The standard InChI is InChI=1S/C37H41Cl2N3O4S/c1-25-15-18-30(19-16-25)47(45,46)42(33-14-10-11-26(2)27(33)3)24-35(43)41(23-29-17-20-31(38)32(39)21-29)34(36(44)40-37(4,5)6)22-28-12-8-7-9-13-28/h7-21,34H,22-24H2,1-6H3,(H,40,44)/t34-/m1/s1. The fourth-order valence-corrected chi connectivity index (χ4v) is 6.99. The molecule has 1 N–H and O–H groups in total. The molecule has 248 valence electrons. The highest BCUT2D eigenvalue weighted by Crippen LogP contribution is 2.30. The minimum absolute atomic E-state index is 0.0179. The lowest BCUT2D eigenvalue weighted by molar-refractivity contribution is -0.140. The lowest BCUT2D eigenvalue weighted by Crippen LogP contribution is -2.56. The summed E-state index contributed by atoms with van der Waals surface area (Å²) in [5.74, 6) is -0.924. The van der Waals surface area contributed by atoms with Gasteiger partial charge < -0.3 is 10.2 Å². The maximum Gasteiger partial charge on any atom is 0.264 e. The van der Waals surface area contributed by atoms with E-state index in [9.17, 15) is 18.0 Å². The first kappa shape index (κ1) is 36.0. The van der Waals surface area contributed by atoms with Gasteiger partial charge in [0.25, 0.3) is 10.0 Å². The summed E-state index contributed by atoms with van der Waals surface area (Å²) in [4.78, 5) is 30.2. The Balaban J connectivity index is 1.86. The van der Waals surface area contributed by atoms with Gasteiger partial charge in [-0.25, -0.2) is 8.42 Å². The van der Waals surface area contributed by atoms with Gasteiger partial charge >= 0.3 is 0 Å². The molecule has 2 amide bonds. The van der Waals surface area contributed by atoms with E-state index in [1.54, 1.807) is 42.5 Å². The molecule has 0 spiro atoms. The van der Waals surface area contributed by atoms with Crippen molar-refractivity contribution in [2.24, 2.45) is 0 Å². The predicted molar refractivity (Wildman–Crippen MR) is 190 cm³/mol. The van der Waals surface area contributed by atoms with Gasteiger partial charge in [0.1, 0.15) is 12.6 Å². The van der Waals surface area contributed by atoms with Gasteiger partial charge in [0.2, 0.25) is 11.8 Å². The van der Waals surface area contributed by atoms with Crippen molar-refractivity contribution in [2.45, 2.75) is 71.0 Å². The number of benzene rings is 4. The van der Waals surface area contributed by atoms with Crippen molar-refractivity contribution in [3.63, 3.8) is 0 Å². The number of hydrogen-bond donors (Lipinski definition) is 1. The highest BCUT2D eigenvalue weighted by Gasteiger charge is 2.36. The van der Waals surface area contributed by atoms with Crippen LogP contribution in [0.2, 0.25) is 10.0 Å². The maximum absolute atomic E-state index is 14.7. The first-order valence-corrected chi connectivity index (χ1v) is 17.5. The van der Waals surface area contributed by atoms with Gasteiger partial charge in [-0.3, -0.25) is 13.9 Å². The van der Waals surface area contributed by atoms with Gasteiger partial charge in [0.05, 0.1) is 20.6 Å². The number of aryl methyl sites for hydroxylation is 2. The van der Waals surface area contributed by atoms with Crippen LogP contribution < -0.4 is 9.62 Å². The van der Waals surface area contributed by atoms with Gasteiger partial charge in [-0.1, -0.05) is 89.4 Å². The SMILES string of the molecule is Cc1ccc(S(=O)(=O)N(CC(=O)N(Cc2ccc(Cl)c(Cl)c2)[C@H](Cc2ccccc2)C(=O)NC(C)(C)C)c2cccc(C)c2C)cc1. The molecule has 0 unspecified atom stereocenters. The summed E-state index contributed by atoms with van der Waals surface area (Å²) >= 11 is 12.6. The summed E-state index contributed by atoms with van der Waals surface area (Å²) in [7, 11) is -4.21. The Bertz CT molecular complexity index is 1840. The second-order valence-corrected chi connectivity index (χ2v) is 15.4. The normalized spacial score (nSPS) is 12.3. The summed E-state index contributed by atoms with van der Waals surface area (Å²) in [5, 5.41) is 3.68. The van der Waals surface area contributed by atoms with E-state index in [2.05, 4.69) is 5.32 Å². The molecule has 4 aromatic rings. The molecule has 7 nitrogen and oxygen atoms in total. The molecule has 0 aliphatic heterocycles.